The fourth-order valence-corrected chi connectivity index (χ4v) is 2.07. The molecule has 0 saturated carbocycles. The number of fused-ring (bicyclic) bond motifs is 1. The van der Waals surface area contributed by atoms with E-state index in [1.807, 2.05) is 18.3 Å². The molecule has 0 spiro atoms. The standard InChI is InChI=1S/C14H13N5O2/c15-13(20)8-19-7-11(6-17-19)18-14(21)10-2-1-9-3-4-16-12(9)5-10/h1-7,16H,8H2,(H2,15,20)(H,18,21). The molecule has 0 saturated heterocycles. The summed E-state index contributed by atoms with van der Waals surface area (Å²) in [5.41, 5.74) is 7.02. The summed E-state index contributed by atoms with van der Waals surface area (Å²) in [6, 6.07) is 7.33. The molecular weight excluding hydrogens is 270 g/mol. The quantitative estimate of drug-likeness (QED) is 0.667. The summed E-state index contributed by atoms with van der Waals surface area (Å²) >= 11 is 0. The van der Waals surface area contributed by atoms with Crippen LogP contribution in [0.4, 0.5) is 5.69 Å². The first-order chi connectivity index (χ1) is 10.1. The number of hydrogen-bond donors (Lipinski definition) is 3. The number of carbonyl (C=O) groups excluding carboxylic acids is 2. The number of nitrogens with zero attached hydrogens (tertiary/aromatic N) is 2. The Balaban J connectivity index is 1.76. The van der Waals surface area contributed by atoms with E-state index in [0.29, 0.717) is 11.3 Å². The van der Waals surface area contributed by atoms with E-state index in [1.54, 1.807) is 18.3 Å². The largest absolute Gasteiger partial charge is 0.368 e. The smallest absolute Gasteiger partial charge is 0.255 e. The Kier molecular flexibility index (Phi) is 3.15. The average Bonchev–Trinajstić information content (AvgIpc) is 3.06. The summed E-state index contributed by atoms with van der Waals surface area (Å²) in [6.45, 7) is -0.0235. The Morgan fingerprint density at radius 2 is 2.19 bits per heavy atom. The second kappa shape index (κ2) is 5.12. The van der Waals surface area contributed by atoms with E-state index >= 15 is 0 Å². The normalized spacial score (nSPS) is 10.7. The van der Waals surface area contributed by atoms with Gasteiger partial charge in [0.1, 0.15) is 6.54 Å². The van der Waals surface area contributed by atoms with Crippen LogP contribution in [0.1, 0.15) is 10.4 Å². The fraction of sp³-hybridized carbons (Fsp3) is 0.0714. The Labute approximate surface area is 119 Å². The monoisotopic (exact) mass is 283 g/mol. The number of nitrogens with one attached hydrogen (secondary N) is 2. The number of aromatic amines is 1. The molecule has 0 bridgehead atoms. The molecular formula is C14H13N5O2. The van der Waals surface area contributed by atoms with Crippen molar-refractivity contribution in [3.05, 3.63) is 48.4 Å². The molecule has 0 fully saturated rings. The second-order valence-electron chi connectivity index (χ2n) is 4.63. The number of hydrogen-bond acceptors (Lipinski definition) is 3. The molecule has 0 unspecified atom stereocenters. The number of aromatic nitrogens is 3. The van der Waals surface area contributed by atoms with E-state index < -0.39 is 5.91 Å². The predicted octanol–water partition coefficient (Wildman–Crippen LogP) is 1.10. The number of nitrogens with two attached hydrogens (primary N) is 1. The highest BCUT2D eigenvalue weighted by molar-refractivity contribution is 6.06. The molecule has 7 heteroatoms. The highest BCUT2D eigenvalue weighted by atomic mass is 16.2. The van der Waals surface area contributed by atoms with Gasteiger partial charge in [0.2, 0.25) is 5.91 Å². The van der Waals surface area contributed by atoms with Crippen LogP contribution in [0.2, 0.25) is 0 Å². The summed E-state index contributed by atoms with van der Waals surface area (Å²) in [4.78, 5) is 26.0. The molecule has 0 atom stereocenters. The van der Waals surface area contributed by atoms with E-state index in [4.69, 9.17) is 5.73 Å². The molecule has 2 amide bonds. The van der Waals surface area contributed by atoms with Crippen LogP contribution in [0, 0.1) is 0 Å². The van der Waals surface area contributed by atoms with Crippen LogP contribution in [0.25, 0.3) is 10.9 Å². The van der Waals surface area contributed by atoms with Crippen LogP contribution in [0.15, 0.2) is 42.9 Å². The lowest BCUT2D eigenvalue weighted by Crippen LogP contribution is -2.18. The minimum absolute atomic E-state index is 0.0235. The highest BCUT2D eigenvalue weighted by Gasteiger charge is 2.09. The summed E-state index contributed by atoms with van der Waals surface area (Å²) in [5.74, 6) is -0.738. The van der Waals surface area contributed by atoms with E-state index in [9.17, 15) is 9.59 Å². The average molecular weight is 283 g/mol. The van der Waals surface area contributed by atoms with Crippen LogP contribution in [0.3, 0.4) is 0 Å². The molecule has 0 aliphatic carbocycles. The molecule has 3 aromatic rings. The molecule has 2 heterocycles. The first-order valence-corrected chi connectivity index (χ1v) is 6.31. The molecule has 4 N–H and O–H groups in total. The highest BCUT2D eigenvalue weighted by Crippen LogP contribution is 2.15. The Bertz CT molecular complexity index is 818. The molecule has 3 rings (SSSR count). The topological polar surface area (TPSA) is 106 Å². The third-order valence-electron chi connectivity index (χ3n) is 3.03. The lowest BCUT2D eigenvalue weighted by molar-refractivity contribution is -0.118. The molecule has 7 nitrogen and oxygen atoms in total. The Hall–Kier alpha value is -3.09. The van der Waals surface area contributed by atoms with E-state index in [0.717, 1.165) is 10.9 Å². The van der Waals surface area contributed by atoms with E-state index in [-0.39, 0.29) is 12.5 Å². The molecule has 0 aliphatic rings. The Morgan fingerprint density at radius 1 is 1.33 bits per heavy atom. The molecule has 0 radical (unpaired) electrons. The van der Waals surface area contributed by atoms with Gasteiger partial charge in [-0.25, -0.2) is 0 Å². The third kappa shape index (κ3) is 2.76. The van der Waals surface area contributed by atoms with Crippen molar-refractivity contribution in [2.45, 2.75) is 6.54 Å². The number of carbonyl (C=O) groups is 2. The van der Waals surface area contributed by atoms with Crippen molar-refractivity contribution < 1.29 is 9.59 Å². The number of anilines is 1. The molecule has 0 aliphatic heterocycles. The van der Waals surface area contributed by atoms with Crippen molar-refractivity contribution in [3.8, 4) is 0 Å². The number of benzene rings is 1. The van der Waals surface area contributed by atoms with Gasteiger partial charge >= 0.3 is 0 Å². The zero-order valence-electron chi connectivity index (χ0n) is 11.0. The Morgan fingerprint density at radius 3 is 3.00 bits per heavy atom. The van der Waals surface area contributed by atoms with Gasteiger partial charge < -0.3 is 16.0 Å². The van der Waals surface area contributed by atoms with Crippen molar-refractivity contribution >= 4 is 28.4 Å². The number of primary amides is 1. The van der Waals surface area contributed by atoms with E-state index in [2.05, 4.69) is 15.4 Å². The zero-order valence-corrected chi connectivity index (χ0v) is 11.0. The molecule has 106 valence electrons. The van der Waals surface area contributed by atoms with Crippen molar-refractivity contribution in [3.63, 3.8) is 0 Å². The van der Waals surface area contributed by atoms with E-state index in [1.165, 1.54) is 10.9 Å². The summed E-state index contributed by atoms with van der Waals surface area (Å²) in [6.07, 6.45) is 4.84. The third-order valence-corrected chi connectivity index (χ3v) is 3.03. The minimum atomic E-state index is -0.492. The molecule has 1 aromatic carbocycles. The van der Waals surface area contributed by atoms with Crippen LogP contribution in [-0.2, 0) is 11.3 Å². The van der Waals surface area contributed by atoms with Gasteiger partial charge in [0.25, 0.3) is 5.91 Å². The minimum Gasteiger partial charge on any atom is -0.368 e. The molecule has 21 heavy (non-hydrogen) atoms. The second-order valence-corrected chi connectivity index (χ2v) is 4.63. The van der Waals surface area contributed by atoms with Gasteiger partial charge in [-0.15, -0.1) is 0 Å². The lowest BCUT2D eigenvalue weighted by atomic mass is 10.1. The maximum atomic E-state index is 12.2. The van der Waals surface area contributed by atoms with Gasteiger partial charge in [-0.05, 0) is 23.6 Å². The van der Waals surface area contributed by atoms with Crippen LogP contribution < -0.4 is 11.1 Å². The fourth-order valence-electron chi connectivity index (χ4n) is 2.07. The van der Waals surface area contributed by atoms with Gasteiger partial charge in [0.15, 0.2) is 0 Å². The predicted molar refractivity (Wildman–Crippen MR) is 77.7 cm³/mol. The molecule has 2 aromatic heterocycles. The lowest BCUT2D eigenvalue weighted by Gasteiger charge is -2.02. The first-order valence-electron chi connectivity index (χ1n) is 6.31. The van der Waals surface area contributed by atoms with Crippen LogP contribution in [-0.4, -0.2) is 26.6 Å². The number of amides is 2. The maximum Gasteiger partial charge on any atom is 0.255 e. The van der Waals surface area contributed by atoms with Gasteiger partial charge in [-0.1, -0.05) is 6.07 Å². The summed E-state index contributed by atoms with van der Waals surface area (Å²) < 4.78 is 1.37. The summed E-state index contributed by atoms with van der Waals surface area (Å²) in [5, 5.41) is 7.70. The van der Waals surface area contributed by atoms with Gasteiger partial charge in [0.05, 0.1) is 11.9 Å². The summed E-state index contributed by atoms with van der Waals surface area (Å²) in [7, 11) is 0. The SMILES string of the molecule is NC(=O)Cn1cc(NC(=O)c2ccc3cc[nH]c3c2)cn1. The van der Waals surface area contributed by atoms with Crippen molar-refractivity contribution in [1.29, 1.82) is 0 Å². The van der Waals surface area contributed by atoms with Crippen LogP contribution >= 0.6 is 0 Å². The van der Waals surface area contributed by atoms with Crippen LogP contribution in [0.5, 0.6) is 0 Å². The van der Waals surface area contributed by atoms with Crippen molar-refractivity contribution in [2.24, 2.45) is 5.73 Å². The maximum absolute atomic E-state index is 12.2. The van der Waals surface area contributed by atoms with Gasteiger partial charge in [0, 0.05) is 23.5 Å². The van der Waals surface area contributed by atoms with Gasteiger partial charge in [-0.3, -0.25) is 14.3 Å². The van der Waals surface area contributed by atoms with Crippen molar-refractivity contribution in [1.82, 2.24) is 14.8 Å². The number of H-pyrrole nitrogens is 1. The first kappa shape index (κ1) is 12.9. The number of rotatable bonds is 4. The zero-order chi connectivity index (χ0) is 14.8. The van der Waals surface area contributed by atoms with Crippen molar-refractivity contribution in [2.75, 3.05) is 5.32 Å². The van der Waals surface area contributed by atoms with Gasteiger partial charge in [-0.2, -0.15) is 5.10 Å².